The highest BCUT2D eigenvalue weighted by Gasteiger charge is 2.34. The van der Waals surface area contributed by atoms with Crippen LogP contribution in [0.1, 0.15) is 11.1 Å². The summed E-state index contributed by atoms with van der Waals surface area (Å²) in [7, 11) is -3.98. The fourth-order valence-corrected chi connectivity index (χ4v) is 2.96. The molecule has 2 aromatic carbocycles. The molecule has 0 aliphatic carbocycles. The normalized spacial score (nSPS) is 11.9. The van der Waals surface area contributed by atoms with Crippen LogP contribution in [0.3, 0.4) is 0 Å². The van der Waals surface area contributed by atoms with Crippen LogP contribution in [-0.4, -0.2) is 20.9 Å². The van der Waals surface area contributed by atoms with Gasteiger partial charge in [-0.1, -0.05) is 18.2 Å². The second-order valence-electron chi connectivity index (χ2n) is 5.36. The number of halogens is 3. The van der Waals surface area contributed by atoms with E-state index in [1.54, 1.807) is 0 Å². The van der Waals surface area contributed by atoms with Gasteiger partial charge in [0, 0.05) is 5.69 Å². The standard InChI is InChI=1S/C16H15F3N2O4S/c1-10-6-7-11(8-14(10)26(20,23)24)21-15(22)9-25-13-5-3-2-4-12(13)16(17,18)19/h2-8H,9H2,1H3,(H,21,22)(H2,20,23,24). The smallest absolute Gasteiger partial charge is 0.419 e. The Kier molecular flexibility index (Phi) is 5.57. The van der Waals surface area contributed by atoms with Crippen LogP contribution in [-0.2, 0) is 21.0 Å². The van der Waals surface area contributed by atoms with Crippen LogP contribution in [0.15, 0.2) is 47.4 Å². The van der Waals surface area contributed by atoms with Crippen molar-refractivity contribution in [1.82, 2.24) is 0 Å². The summed E-state index contributed by atoms with van der Waals surface area (Å²) in [5, 5.41) is 7.42. The van der Waals surface area contributed by atoms with Crippen molar-refractivity contribution in [3.05, 3.63) is 53.6 Å². The molecule has 0 spiro atoms. The first-order valence-electron chi connectivity index (χ1n) is 7.21. The number of anilines is 1. The number of carbonyl (C=O) groups excluding carboxylic acids is 1. The van der Waals surface area contributed by atoms with Crippen LogP contribution in [0.2, 0.25) is 0 Å². The molecule has 0 fully saturated rings. The molecule has 6 nitrogen and oxygen atoms in total. The first-order chi connectivity index (χ1) is 12.0. The first kappa shape index (κ1) is 19.7. The molecule has 2 rings (SSSR count). The third-order valence-corrected chi connectivity index (χ3v) is 4.38. The molecule has 0 aliphatic rings. The fraction of sp³-hybridized carbons (Fsp3) is 0.188. The van der Waals surface area contributed by atoms with E-state index in [2.05, 4.69) is 5.32 Å². The number of nitrogens with one attached hydrogen (secondary N) is 1. The molecule has 0 atom stereocenters. The largest absolute Gasteiger partial charge is 0.483 e. The number of para-hydroxylation sites is 1. The number of sulfonamides is 1. The van der Waals surface area contributed by atoms with Gasteiger partial charge in [-0.15, -0.1) is 0 Å². The van der Waals surface area contributed by atoms with Gasteiger partial charge in [0.05, 0.1) is 10.5 Å². The van der Waals surface area contributed by atoms with Gasteiger partial charge in [-0.25, -0.2) is 13.6 Å². The summed E-state index contributed by atoms with van der Waals surface area (Å²) in [5.74, 6) is -1.24. The second kappa shape index (κ2) is 7.34. The van der Waals surface area contributed by atoms with Gasteiger partial charge in [0.2, 0.25) is 10.0 Å². The lowest BCUT2D eigenvalue weighted by atomic mass is 10.2. The minimum Gasteiger partial charge on any atom is -0.483 e. The topological polar surface area (TPSA) is 98.5 Å². The van der Waals surface area contributed by atoms with Crippen molar-refractivity contribution in [3.8, 4) is 5.75 Å². The fourth-order valence-electron chi connectivity index (χ4n) is 2.15. The summed E-state index contributed by atoms with van der Waals surface area (Å²) in [4.78, 5) is 11.7. The molecule has 3 N–H and O–H groups in total. The van der Waals surface area contributed by atoms with Crippen molar-refractivity contribution in [3.63, 3.8) is 0 Å². The van der Waals surface area contributed by atoms with E-state index < -0.39 is 40.0 Å². The maximum Gasteiger partial charge on any atom is 0.419 e. The lowest BCUT2D eigenvalue weighted by Crippen LogP contribution is -2.22. The molecule has 0 unspecified atom stereocenters. The number of hydrogen-bond donors (Lipinski definition) is 2. The van der Waals surface area contributed by atoms with Crippen LogP contribution in [0.4, 0.5) is 18.9 Å². The zero-order valence-electron chi connectivity index (χ0n) is 13.5. The number of alkyl halides is 3. The predicted octanol–water partition coefficient (Wildman–Crippen LogP) is 2.68. The molecular weight excluding hydrogens is 373 g/mol. The van der Waals surface area contributed by atoms with Gasteiger partial charge in [0.25, 0.3) is 5.91 Å². The molecule has 26 heavy (non-hydrogen) atoms. The van der Waals surface area contributed by atoms with Crippen LogP contribution in [0, 0.1) is 6.92 Å². The van der Waals surface area contributed by atoms with Crippen LogP contribution in [0.5, 0.6) is 5.75 Å². The van der Waals surface area contributed by atoms with Gasteiger partial charge in [-0.2, -0.15) is 13.2 Å². The number of benzene rings is 2. The van der Waals surface area contributed by atoms with Gasteiger partial charge in [-0.05, 0) is 36.8 Å². The third-order valence-electron chi connectivity index (χ3n) is 3.33. The molecule has 2 aromatic rings. The average molecular weight is 388 g/mol. The number of primary sulfonamides is 1. The van der Waals surface area contributed by atoms with Crippen molar-refractivity contribution in [2.24, 2.45) is 5.14 Å². The van der Waals surface area contributed by atoms with E-state index in [1.807, 2.05) is 0 Å². The molecule has 0 saturated carbocycles. The quantitative estimate of drug-likeness (QED) is 0.823. The van der Waals surface area contributed by atoms with E-state index in [1.165, 1.54) is 31.2 Å². The van der Waals surface area contributed by atoms with Gasteiger partial charge in [-0.3, -0.25) is 4.79 Å². The van der Waals surface area contributed by atoms with E-state index >= 15 is 0 Å². The molecule has 0 aromatic heterocycles. The second-order valence-corrected chi connectivity index (χ2v) is 6.89. The summed E-state index contributed by atoms with van der Waals surface area (Å²) >= 11 is 0. The molecule has 1 amide bonds. The molecular formula is C16H15F3N2O4S. The molecule has 10 heteroatoms. The highest BCUT2D eigenvalue weighted by atomic mass is 32.2. The van der Waals surface area contributed by atoms with E-state index in [9.17, 15) is 26.4 Å². The molecule has 0 saturated heterocycles. The molecule has 0 heterocycles. The van der Waals surface area contributed by atoms with Crippen molar-refractivity contribution in [2.45, 2.75) is 18.0 Å². The Morgan fingerprint density at radius 1 is 1.19 bits per heavy atom. The Hall–Kier alpha value is -2.59. The Bertz CT molecular complexity index is 927. The number of amides is 1. The molecule has 140 valence electrons. The van der Waals surface area contributed by atoms with Crippen molar-refractivity contribution < 1.29 is 31.1 Å². The van der Waals surface area contributed by atoms with Crippen LogP contribution in [0.25, 0.3) is 0 Å². The number of carbonyl (C=O) groups is 1. The van der Waals surface area contributed by atoms with Crippen molar-refractivity contribution >= 4 is 21.6 Å². The zero-order chi connectivity index (χ0) is 19.5. The summed E-state index contributed by atoms with van der Waals surface area (Å²) in [5.41, 5.74) is -0.488. The van der Waals surface area contributed by atoms with Gasteiger partial charge in [0.1, 0.15) is 5.75 Å². The van der Waals surface area contributed by atoms with Gasteiger partial charge in [0.15, 0.2) is 6.61 Å². The van der Waals surface area contributed by atoms with E-state index in [0.717, 1.165) is 18.2 Å². The summed E-state index contributed by atoms with van der Waals surface area (Å²) in [6.45, 7) is 0.841. The van der Waals surface area contributed by atoms with Crippen LogP contribution < -0.4 is 15.2 Å². The predicted molar refractivity (Wildman–Crippen MR) is 88.1 cm³/mol. The number of rotatable bonds is 5. The maximum absolute atomic E-state index is 12.9. The first-order valence-corrected chi connectivity index (χ1v) is 8.75. The number of aryl methyl sites for hydroxylation is 1. The maximum atomic E-state index is 12.9. The molecule has 0 radical (unpaired) electrons. The lowest BCUT2D eigenvalue weighted by molar-refractivity contribution is -0.139. The Morgan fingerprint density at radius 2 is 1.85 bits per heavy atom. The SMILES string of the molecule is Cc1ccc(NC(=O)COc2ccccc2C(F)(F)F)cc1S(N)(=O)=O. The van der Waals surface area contributed by atoms with Crippen LogP contribution >= 0.6 is 0 Å². The monoisotopic (exact) mass is 388 g/mol. The minimum atomic E-state index is -4.62. The van der Waals surface area contributed by atoms with Gasteiger partial charge < -0.3 is 10.1 Å². The summed E-state index contributed by atoms with van der Waals surface area (Å²) in [6.07, 6.45) is -4.62. The van der Waals surface area contributed by atoms with Gasteiger partial charge >= 0.3 is 6.18 Å². The van der Waals surface area contributed by atoms with Crippen molar-refractivity contribution in [2.75, 3.05) is 11.9 Å². The van der Waals surface area contributed by atoms with E-state index in [0.29, 0.717) is 5.56 Å². The van der Waals surface area contributed by atoms with E-state index in [-0.39, 0.29) is 10.6 Å². The summed E-state index contributed by atoms with van der Waals surface area (Å²) < 4.78 is 66.5. The highest BCUT2D eigenvalue weighted by molar-refractivity contribution is 7.89. The Labute approximate surface area is 147 Å². The number of hydrogen-bond acceptors (Lipinski definition) is 4. The van der Waals surface area contributed by atoms with Crippen molar-refractivity contribution in [1.29, 1.82) is 0 Å². The minimum absolute atomic E-state index is 0.123. The Balaban J connectivity index is 2.10. The molecule has 0 aliphatic heterocycles. The highest BCUT2D eigenvalue weighted by Crippen LogP contribution is 2.35. The average Bonchev–Trinajstić information content (AvgIpc) is 2.53. The molecule has 0 bridgehead atoms. The zero-order valence-corrected chi connectivity index (χ0v) is 14.3. The van der Waals surface area contributed by atoms with E-state index in [4.69, 9.17) is 9.88 Å². The number of nitrogens with two attached hydrogens (primary N) is 1. The lowest BCUT2D eigenvalue weighted by Gasteiger charge is -2.14. The summed E-state index contributed by atoms with van der Waals surface area (Å²) in [6, 6.07) is 8.53. The Morgan fingerprint density at radius 3 is 2.46 bits per heavy atom. The third kappa shape index (κ3) is 4.96. The number of ether oxygens (including phenoxy) is 1.